The molecule has 1 aromatic heterocycles. The predicted octanol–water partition coefficient (Wildman–Crippen LogP) is 5.39. The highest BCUT2D eigenvalue weighted by Crippen LogP contribution is 2.27. The Morgan fingerprint density at radius 2 is 1.81 bits per heavy atom. The molecule has 4 aromatic rings. The first-order valence-electron chi connectivity index (χ1n) is 12.3. The third kappa shape index (κ3) is 5.26. The van der Waals surface area contributed by atoms with E-state index in [-0.39, 0.29) is 15.8 Å². The van der Waals surface area contributed by atoms with E-state index in [1.54, 1.807) is 22.8 Å². The molecule has 0 bridgehead atoms. The minimum atomic E-state index is -3.76. The zero-order chi connectivity index (χ0) is 25.3. The molecule has 1 fully saturated rings. The van der Waals surface area contributed by atoms with Gasteiger partial charge in [0.25, 0.3) is 0 Å². The van der Waals surface area contributed by atoms with E-state index in [0.29, 0.717) is 17.2 Å². The average Bonchev–Trinajstić information content (AvgIpc) is 3.18. The number of thiazole rings is 1. The molecular formula is C28H31N3O3S2. The summed E-state index contributed by atoms with van der Waals surface area (Å²) in [4.78, 5) is 15.1. The Kier molecular flexibility index (Phi) is 7.01. The van der Waals surface area contributed by atoms with Crippen LogP contribution in [-0.2, 0) is 16.6 Å². The van der Waals surface area contributed by atoms with Crippen LogP contribution in [-0.4, -0.2) is 26.1 Å². The maximum Gasteiger partial charge on any atom is 0.308 e. The summed E-state index contributed by atoms with van der Waals surface area (Å²) in [7, 11) is -3.76. The van der Waals surface area contributed by atoms with Crippen molar-refractivity contribution in [2.45, 2.75) is 44.2 Å². The topological polar surface area (TPSA) is 71.4 Å². The molecular weight excluding hydrogens is 490 g/mol. The Bertz CT molecular complexity index is 1510. The minimum Gasteiger partial charge on any atom is -0.371 e. The van der Waals surface area contributed by atoms with Gasteiger partial charge in [-0.05, 0) is 67.1 Å². The lowest BCUT2D eigenvalue weighted by Crippen LogP contribution is -2.34. The van der Waals surface area contributed by atoms with Gasteiger partial charge in [-0.25, -0.2) is 13.1 Å². The number of sulfonamides is 1. The maximum atomic E-state index is 13.2. The second kappa shape index (κ2) is 10.2. The molecule has 188 valence electrons. The molecule has 2 unspecified atom stereocenters. The van der Waals surface area contributed by atoms with Gasteiger partial charge < -0.3 is 4.90 Å². The highest BCUT2D eigenvalue weighted by Gasteiger charge is 2.21. The first-order valence-corrected chi connectivity index (χ1v) is 14.6. The van der Waals surface area contributed by atoms with E-state index in [9.17, 15) is 13.2 Å². The summed E-state index contributed by atoms with van der Waals surface area (Å²) in [5.74, 6) is 0.690. The van der Waals surface area contributed by atoms with Crippen molar-refractivity contribution in [2.24, 2.45) is 5.92 Å². The molecule has 2 heterocycles. The Hall–Kier alpha value is -2.94. The molecule has 1 aliphatic rings. The Labute approximate surface area is 216 Å². The van der Waals surface area contributed by atoms with Gasteiger partial charge >= 0.3 is 4.87 Å². The van der Waals surface area contributed by atoms with Gasteiger partial charge in [0.05, 0.1) is 21.7 Å². The van der Waals surface area contributed by atoms with Crippen LogP contribution in [0.25, 0.3) is 10.2 Å². The van der Waals surface area contributed by atoms with Gasteiger partial charge in [-0.1, -0.05) is 60.7 Å². The lowest BCUT2D eigenvalue weighted by molar-refractivity contribution is 0.447. The van der Waals surface area contributed by atoms with Gasteiger partial charge in [-0.3, -0.25) is 9.36 Å². The van der Waals surface area contributed by atoms with E-state index in [0.717, 1.165) is 41.1 Å². The number of fused-ring (bicyclic) bond motifs is 1. The van der Waals surface area contributed by atoms with E-state index >= 15 is 0 Å². The van der Waals surface area contributed by atoms with Crippen molar-refractivity contribution >= 4 is 37.3 Å². The monoisotopic (exact) mass is 521 g/mol. The lowest BCUT2D eigenvalue weighted by atomic mass is 9.99. The van der Waals surface area contributed by atoms with Crippen LogP contribution in [0.15, 0.2) is 82.5 Å². The summed E-state index contributed by atoms with van der Waals surface area (Å²) in [5.41, 5.74) is 3.85. The highest BCUT2D eigenvalue weighted by molar-refractivity contribution is 7.89. The molecule has 0 aliphatic carbocycles. The van der Waals surface area contributed by atoms with Crippen molar-refractivity contribution < 1.29 is 8.42 Å². The molecule has 0 amide bonds. The van der Waals surface area contributed by atoms with Crippen LogP contribution < -0.4 is 14.5 Å². The van der Waals surface area contributed by atoms with Gasteiger partial charge in [-0.2, -0.15) is 0 Å². The molecule has 1 N–H and O–H groups in total. The number of piperidine rings is 1. The molecule has 5 rings (SSSR count). The van der Waals surface area contributed by atoms with Gasteiger partial charge in [0.2, 0.25) is 10.0 Å². The summed E-state index contributed by atoms with van der Waals surface area (Å²) in [6.07, 6.45) is 2.47. The molecule has 1 saturated heterocycles. The van der Waals surface area contributed by atoms with E-state index in [2.05, 4.69) is 28.7 Å². The molecule has 8 heteroatoms. The average molecular weight is 522 g/mol. The summed E-state index contributed by atoms with van der Waals surface area (Å²) in [6, 6.07) is 22.4. The summed E-state index contributed by atoms with van der Waals surface area (Å²) < 4.78 is 31.5. The number of aromatic nitrogens is 1. The van der Waals surface area contributed by atoms with Crippen LogP contribution in [0.5, 0.6) is 0 Å². The van der Waals surface area contributed by atoms with Crippen LogP contribution >= 0.6 is 11.3 Å². The van der Waals surface area contributed by atoms with E-state index in [1.807, 2.05) is 49.4 Å². The highest BCUT2D eigenvalue weighted by atomic mass is 32.2. The lowest BCUT2D eigenvalue weighted by Gasteiger charge is -2.33. The summed E-state index contributed by atoms with van der Waals surface area (Å²) in [6.45, 7) is 6.71. The van der Waals surface area contributed by atoms with Crippen LogP contribution in [0.3, 0.4) is 0 Å². The van der Waals surface area contributed by atoms with E-state index in [1.165, 1.54) is 18.5 Å². The number of hydrogen-bond donors (Lipinski definition) is 1. The number of nitrogens with one attached hydrogen (secondary N) is 1. The van der Waals surface area contributed by atoms with Gasteiger partial charge in [0.1, 0.15) is 0 Å². The minimum absolute atomic E-state index is 0.104. The third-order valence-electron chi connectivity index (χ3n) is 6.88. The van der Waals surface area contributed by atoms with E-state index in [4.69, 9.17) is 0 Å². The van der Waals surface area contributed by atoms with E-state index < -0.39 is 10.0 Å². The largest absolute Gasteiger partial charge is 0.371 e. The molecule has 1 aliphatic heterocycles. The molecule has 2 atom stereocenters. The smallest absolute Gasteiger partial charge is 0.308 e. The standard InChI is InChI=1S/C28H31N3O3S2/c1-20-7-6-16-30(18-20)24-12-10-23(11-13-24)21(2)29-36(33,34)25-14-15-26-27(17-25)35-28(32)31(26)19-22-8-4-3-5-9-22/h3-5,8-15,17,20-21,29H,6-7,16,18-19H2,1-2H3. The zero-order valence-electron chi connectivity index (χ0n) is 20.6. The maximum absolute atomic E-state index is 13.2. The number of anilines is 1. The third-order valence-corrected chi connectivity index (χ3v) is 9.36. The molecule has 6 nitrogen and oxygen atoms in total. The Morgan fingerprint density at radius 1 is 1.06 bits per heavy atom. The van der Waals surface area contributed by atoms with Crippen LogP contribution in [0.4, 0.5) is 5.69 Å². The van der Waals surface area contributed by atoms with Crippen molar-refractivity contribution in [1.29, 1.82) is 0 Å². The first kappa shape index (κ1) is 24.7. The second-order valence-electron chi connectivity index (χ2n) is 9.70. The fourth-order valence-corrected chi connectivity index (χ4v) is 7.16. The first-order chi connectivity index (χ1) is 17.3. The quantitative estimate of drug-likeness (QED) is 0.354. The number of nitrogens with zero attached hydrogens (tertiary/aromatic N) is 2. The molecule has 36 heavy (non-hydrogen) atoms. The van der Waals surface area contributed by atoms with Gasteiger partial charge in [-0.15, -0.1) is 0 Å². The zero-order valence-corrected chi connectivity index (χ0v) is 22.2. The fourth-order valence-electron chi connectivity index (χ4n) is 4.90. The number of rotatable bonds is 7. The molecule has 3 aromatic carbocycles. The normalized spacial score (nSPS) is 17.4. The molecule has 0 radical (unpaired) electrons. The van der Waals surface area contributed by atoms with Crippen molar-refractivity contribution in [2.75, 3.05) is 18.0 Å². The summed E-state index contributed by atoms with van der Waals surface area (Å²) >= 11 is 1.07. The molecule has 0 spiro atoms. The van der Waals surface area contributed by atoms with Crippen molar-refractivity contribution in [3.63, 3.8) is 0 Å². The van der Waals surface area contributed by atoms with Gasteiger partial charge in [0.15, 0.2) is 0 Å². The SMILES string of the molecule is CC1CCCN(c2ccc(C(C)NS(=O)(=O)c3ccc4c(c3)sc(=O)n4Cc3ccccc3)cc2)C1. The second-order valence-corrected chi connectivity index (χ2v) is 12.4. The number of hydrogen-bond acceptors (Lipinski definition) is 5. The molecule has 0 saturated carbocycles. The Morgan fingerprint density at radius 3 is 2.53 bits per heavy atom. The predicted molar refractivity (Wildman–Crippen MR) is 147 cm³/mol. The van der Waals surface area contributed by atoms with Crippen molar-refractivity contribution in [3.05, 3.63) is 93.6 Å². The van der Waals surface area contributed by atoms with Crippen LogP contribution in [0.2, 0.25) is 0 Å². The van der Waals surface area contributed by atoms with Crippen LogP contribution in [0, 0.1) is 5.92 Å². The van der Waals surface area contributed by atoms with Crippen molar-refractivity contribution in [3.8, 4) is 0 Å². The number of benzene rings is 3. The Balaban J connectivity index is 1.33. The van der Waals surface area contributed by atoms with Crippen LogP contribution in [0.1, 0.15) is 43.9 Å². The summed E-state index contributed by atoms with van der Waals surface area (Å²) in [5, 5.41) is 0. The fraction of sp³-hybridized carbons (Fsp3) is 0.321. The van der Waals surface area contributed by atoms with Gasteiger partial charge in [0, 0.05) is 24.8 Å². The van der Waals surface area contributed by atoms with Crippen molar-refractivity contribution in [1.82, 2.24) is 9.29 Å².